The van der Waals surface area contributed by atoms with Gasteiger partial charge in [0.2, 0.25) is 0 Å². The van der Waals surface area contributed by atoms with Gasteiger partial charge < -0.3 is 10.5 Å². The van der Waals surface area contributed by atoms with E-state index in [1.54, 1.807) is 0 Å². The molecule has 1 rings (SSSR count). The van der Waals surface area contributed by atoms with E-state index in [1.165, 1.54) is 0 Å². The number of nitrogens with two attached hydrogens (primary N) is 1. The molecule has 0 amide bonds. The lowest BCUT2D eigenvalue weighted by molar-refractivity contribution is 0.271. The predicted molar refractivity (Wildman–Crippen MR) is 62.4 cm³/mol. The van der Waals surface area contributed by atoms with E-state index in [1.807, 2.05) is 24.3 Å². The van der Waals surface area contributed by atoms with Gasteiger partial charge in [0.1, 0.15) is 5.75 Å². The maximum absolute atomic E-state index is 7.17. The van der Waals surface area contributed by atoms with Crippen molar-refractivity contribution in [2.45, 2.75) is 20.3 Å². The first kappa shape index (κ1) is 11.6. The van der Waals surface area contributed by atoms with Crippen LogP contribution in [0.5, 0.6) is 5.75 Å². The van der Waals surface area contributed by atoms with Gasteiger partial charge in [-0.3, -0.25) is 5.41 Å². The lowest BCUT2D eigenvalue weighted by Crippen LogP contribution is -2.12. The fraction of sp³-hybridized carbons (Fsp3) is 0.417. The van der Waals surface area contributed by atoms with Gasteiger partial charge >= 0.3 is 0 Å². The van der Waals surface area contributed by atoms with E-state index in [0.29, 0.717) is 12.3 Å². The molecule has 3 N–H and O–H groups in total. The van der Waals surface area contributed by atoms with E-state index in [2.05, 4.69) is 13.8 Å². The largest absolute Gasteiger partial charge is 0.493 e. The standard InChI is InChI=1S/C12H18N2O/c1-9(2)8-15-11-5-3-10(4-6-11)7-12(13)14/h3-6,9H,7-8H2,1-2H3,(H3,13,14). The Bertz CT molecular complexity index is 317. The van der Waals surface area contributed by atoms with Gasteiger partial charge in [-0.1, -0.05) is 26.0 Å². The minimum absolute atomic E-state index is 0.186. The van der Waals surface area contributed by atoms with Gasteiger partial charge in [0.25, 0.3) is 0 Å². The smallest absolute Gasteiger partial charge is 0.119 e. The van der Waals surface area contributed by atoms with Gasteiger partial charge in [0, 0.05) is 6.42 Å². The third-order valence-corrected chi connectivity index (χ3v) is 1.90. The van der Waals surface area contributed by atoms with Crippen molar-refractivity contribution in [1.29, 1.82) is 5.41 Å². The molecule has 0 bridgehead atoms. The summed E-state index contributed by atoms with van der Waals surface area (Å²) in [6.45, 7) is 4.96. The maximum atomic E-state index is 7.17. The lowest BCUT2D eigenvalue weighted by Gasteiger charge is -2.08. The summed E-state index contributed by atoms with van der Waals surface area (Å²) < 4.78 is 5.54. The molecule has 1 aromatic carbocycles. The molecule has 0 spiro atoms. The third-order valence-electron chi connectivity index (χ3n) is 1.90. The summed E-state index contributed by atoms with van der Waals surface area (Å²) in [7, 11) is 0. The monoisotopic (exact) mass is 206 g/mol. The summed E-state index contributed by atoms with van der Waals surface area (Å²) in [5.41, 5.74) is 6.35. The molecule has 82 valence electrons. The van der Waals surface area contributed by atoms with Crippen LogP contribution in [0, 0.1) is 11.3 Å². The second kappa shape index (κ2) is 5.39. The van der Waals surface area contributed by atoms with Crippen LogP contribution in [0.2, 0.25) is 0 Å². The van der Waals surface area contributed by atoms with Crippen molar-refractivity contribution in [2.24, 2.45) is 11.7 Å². The van der Waals surface area contributed by atoms with Crippen LogP contribution in [0.25, 0.3) is 0 Å². The molecular formula is C12H18N2O. The molecule has 3 heteroatoms. The van der Waals surface area contributed by atoms with Crippen LogP contribution in [-0.4, -0.2) is 12.4 Å². The molecule has 0 heterocycles. The molecule has 0 saturated heterocycles. The Morgan fingerprint density at radius 1 is 1.33 bits per heavy atom. The van der Waals surface area contributed by atoms with Crippen molar-refractivity contribution in [1.82, 2.24) is 0 Å². The van der Waals surface area contributed by atoms with Crippen LogP contribution >= 0.6 is 0 Å². The summed E-state index contributed by atoms with van der Waals surface area (Å²) in [5.74, 6) is 1.59. The second-order valence-corrected chi connectivity index (χ2v) is 4.05. The highest BCUT2D eigenvalue weighted by Gasteiger charge is 1.98. The Morgan fingerprint density at radius 3 is 2.40 bits per heavy atom. The molecule has 0 atom stereocenters. The van der Waals surface area contributed by atoms with Crippen LogP contribution in [0.15, 0.2) is 24.3 Å². The molecule has 0 unspecified atom stereocenters. The van der Waals surface area contributed by atoms with Crippen molar-refractivity contribution < 1.29 is 4.74 Å². The number of nitrogens with one attached hydrogen (secondary N) is 1. The minimum Gasteiger partial charge on any atom is -0.493 e. The molecule has 0 aliphatic rings. The topological polar surface area (TPSA) is 59.1 Å². The first-order chi connectivity index (χ1) is 7.08. The van der Waals surface area contributed by atoms with E-state index in [-0.39, 0.29) is 5.84 Å². The molecule has 0 aliphatic heterocycles. The van der Waals surface area contributed by atoms with Crippen molar-refractivity contribution >= 4 is 5.84 Å². The molecule has 15 heavy (non-hydrogen) atoms. The maximum Gasteiger partial charge on any atom is 0.119 e. The van der Waals surface area contributed by atoms with Crippen LogP contribution < -0.4 is 10.5 Å². The zero-order chi connectivity index (χ0) is 11.3. The average molecular weight is 206 g/mol. The quantitative estimate of drug-likeness (QED) is 0.573. The van der Waals surface area contributed by atoms with Gasteiger partial charge in [-0.05, 0) is 23.6 Å². The zero-order valence-corrected chi connectivity index (χ0v) is 9.29. The van der Waals surface area contributed by atoms with Crippen molar-refractivity contribution in [3.05, 3.63) is 29.8 Å². The second-order valence-electron chi connectivity index (χ2n) is 4.05. The van der Waals surface area contributed by atoms with Crippen LogP contribution in [0.3, 0.4) is 0 Å². The molecule has 0 fully saturated rings. The van der Waals surface area contributed by atoms with Crippen LogP contribution in [0.4, 0.5) is 0 Å². The van der Waals surface area contributed by atoms with Crippen molar-refractivity contribution in [2.75, 3.05) is 6.61 Å². The summed E-state index contributed by atoms with van der Waals surface area (Å²) in [4.78, 5) is 0. The third kappa shape index (κ3) is 4.49. The van der Waals surface area contributed by atoms with E-state index >= 15 is 0 Å². The number of hydrogen-bond acceptors (Lipinski definition) is 2. The van der Waals surface area contributed by atoms with E-state index < -0.39 is 0 Å². The normalized spacial score (nSPS) is 10.3. The first-order valence-electron chi connectivity index (χ1n) is 5.12. The number of benzene rings is 1. The summed E-state index contributed by atoms with van der Waals surface area (Å²) in [6.07, 6.45) is 0.504. The highest BCUT2D eigenvalue weighted by atomic mass is 16.5. The van der Waals surface area contributed by atoms with Crippen molar-refractivity contribution in [3.8, 4) is 5.75 Å². The number of hydrogen-bond donors (Lipinski definition) is 2. The molecular weight excluding hydrogens is 188 g/mol. The number of amidine groups is 1. The molecule has 3 nitrogen and oxygen atoms in total. The molecule has 0 aliphatic carbocycles. The SMILES string of the molecule is CC(C)COc1ccc(CC(=N)N)cc1. The lowest BCUT2D eigenvalue weighted by atomic mass is 10.1. The number of rotatable bonds is 5. The first-order valence-corrected chi connectivity index (χ1v) is 5.12. The summed E-state index contributed by atoms with van der Waals surface area (Å²) in [6, 6.07) is 7.72. The summed E-state index contributed by atoms with van der Waals surface area (Å²) >= 11 is 0. The Morgan fingerprint density at radius 2 is 1.93 bits per heavy atom. The number of ether oxygens (including phenoxy) is 1. The van der Waals surface area contributed by atoms with Gasteiger partial charge in [-0.2, -0.15) is 0 Å². The molecule has 0 aromatic heterocycles. The Hall–Kier alpha value is -1.51. The highest BCUT2D eigenvalue weighted by Crippen LogP contribution is 2.13. The van der Waals surface area contributed by atoms with E-state index in [9.17, 15) is 0 Å². The Kier molecular flexibility index (Phi) is 4.16. The Labute approximate surface area is 90.8 Å². The van der Waals surface area contributed by atoms with Gasteiger partial charge in [-0.15, -0.1) is 0 Å². The van der Waals surface area contributed by atoms with Crippen molar-refractivity contribution in [3.63, 3.8) is 0 Å². The van der Waals surface area contributed by atoms with Gasteiger partial charge in [0.05, 0.1) is 12.4 Å². The molecule has 0 saturated carbocycles. The Balaban J connectivity index is 2.52. The molecule has 1 aromatic rings. The summed E-state index contributed by atoms with van der Waals surface area (Å²) in [5, 5.41) is 7.17. The fourth-order valence-corrected chi connectivity index (χ4v) is 1.19. The highest BCUT2D eigenvalue weighted by molar-refractivity contribution is 5.79. The van der Waals surface area contributed by atoms with E-state index in [0.717, 1.165) is 17.9 Å². The fourth-order valence-electron chi connectivity index (χ4n) is 1.19. The van der Waals surface area contributed by atoms with Crippen LogP contribution in [-0.2, 0) is 6.42 Å². The van der Waals surface area contributed by atoms with Gasteiger partial charge in [-0.25, -0.2) is 0 Å². The zero-order valence-electron chi connectivity index (χ0n) is 9.29. The predicted octanol–water partition coefficient (Wildman–Crippen LogP) is 2.20. The van der Waals surface area contributed by atoms with E-state index in [4.69, 9.17) is 15.9 Å². The average Bonchev–Trinajstić information content (AvgIpc) is 2.16. The molecule has 0 radical (unpaired) electrons. The van der Waals surface area contributed by atoms with Gasteiger partial charge in [0.15, 0.2) is 0 Å². The van der Waals surface area contributed by atoms with Crippen LogP contribution in [0.1, 0.15) is 19.4 Å². The minimum atomic E-state index is 0.186.